The second kappa shape index (κ2) is 5.83. The summed E-state index contributed by atoms with van der Waals surface area (Å²) in [7, 11) is 1.74. The third-order valence-electron chi connectivity index (χ3n) is 4.36. The molecular weight excluding hydrogens is 214 g/mol. The van der Waals surface area contributed by atoms with Crippen LogP contribution in [0.2, 0.25) is 0 Å². The molecule has 17 heavy (non-hydrogen) atoms. The van der Waals surface area contributed by atoms with Crippen LogP contribution < -0.4 is 10.6 Å². The Bertz CT molecular complexity index is 261. The molecule has 98 valence electrons. The molecule has 0 spiro atoms. The van der Waals surface area contributed by atoms with E-state index in [4.69, 9.17) is 0 Å². The van der Waals surface area contributed by atoms with Crippen LogP contribution in [0, 0.1) is 11.8 Å². The number of carbonyl (C=O) groups is 1. The number of carbonyl (C=O) groups excluding carboxylic acids is 1. The van der Waals surface area contributed by atoms with Gasteiger partial charge in [-0.1, -0.05) is 6.92 Å². The number of nitrogens with zero attached hydrogens (tertiary/aromatic N) is 1. The molecule has 4 nitrogen and oxygen atoms in total. The van der Waals surface area contributed by atoms with Gasteiger partial charge in [0.15, 0.2) is 0 Å². The summed E-state index contributed by atoms with van der Waals surface area (Å²) in [4.78, 5) is 14.2. The quantitative estimate of drug-likeness (QED) is 0.735. The molecule has 2 heterocycles. The van der Waals surface area contributed by atoms with E-state index in [2.05, 4.69) is 22.5 Å². The molecule has 0 aromatic rings. The zero-order valence-corrected chi connectivity index (χ0v) is 11.0. The Morgan fingerprint density at radius 1 is 1.29 bits per heavy atom. The highest BCUT2D eigenvalue weighted by Gasteiger charge is 2.31. The molecule has 2 unspecified atom stereocenters. The fraction of sp³-hybridized carbons (Fsp3) is 0.923. The summed E-state index contributed by atoms with van der Waals surface area (Å²) in [6.45, 7) is 6.80. The largest absolute Gasteiger partial charge is 0.359 e. The van der Waals surface area contributed by atoms with Crippen molar-refractivity contribution in [3.63, 3.8) is 0 Å². The molecule has 0 saturated carbocycles. The van der Waals surface area contributed by atoms with Crippen LogP contribution in [0.3, 0.4) is 0 Å². The molecule has 0 aliphatic carbocycles. The predicted molar refractivity (Wildman–Crippen MR) is 68.8 cm³/mol. The molecule has 2 N–H and O–H groups in total. The highest BCUT2D eigenvalue weighted by molar-refractivity contribution is 5.78. The molecule has 1 amide bonds. The van der Waals surface area contributed by atoms with E-state index in [0.29, 0.717) is 0 Å². The van der Waals surface area contributed by atoms with Gasteiger partial charge in [0, 0.05) is 19.0 Å². The molecule has 2 rings (SSSR count). The molecule has 4 heteroatoms. The molecule has 2 fully saturated rings. The van der Waals surface area contributed by atoms with Crippen molar-refractivity contribution >= 4 is 5.91 Å². The van der Waals surface area contributed by atoms with E-state index in [1.807, 2.05) is 0 Å². The van der Waals surface area contributed by atoms with E-state index >= 15 is 0 Å². The van der Waals surface area contributed by atoms with Crippen molar-refractivity contribution in [2.24, 2.45) is 11.8 Å². The number of likely N-dealkylation sites (tertiary alicyclic amines) is 1. The van der Waals surface area contributed by atoms with Crippen LogP contribution in [-0.2, 0) is 4.79 Å². The summed E-state index contributed by atoms with van der Waals surface area (Å²) >= 11 is 0. The van der Waals surface area contributed by atoms with E-state index in [9.17, 15) is 4.79 Å². The van der Waals surface area contributed by atoms with Crippen LogP contribution in [0.15, 0.2) is 0 Å². The number of amides is 1. The maximum Gasteiger partial charge on any atom is 0.222 e. The average molecular weight is 239 g/mol. The number of hydrogen-bond acceptors (Lipinski definition) is 3. The SMILES string of the molecule is CNC(=O)C1CCN(C2CCNCC2C)CC1. The Kier molecular flexibility index (Phi) is 4.40. The van der Waals surface area contributed by atoms with E-state index < -0.39 is 0 Å². The zero-order chi connectivity index (χ0) is 12.3. The predicted octanol–water partition coefficient (Wildman–Crippen LogP) is 0.442. The zero-order valence-electron chi connectivity index (χ0n) is 11.0. The van der Waals surface area contributed by atoms with Gasteiger partial charge < -0.3 is 10.6 Å². The molecule has 0 aromatic carbocycles. The van der Waals surface area contributed by atoms with Gasteiger partial charge in [-0.2, -0.15) is 0 Å². The van der Waals surface area contributed by atoms with Crippen molar-refractivity contribution in [1.82, 2.24) is 15.5 Å². The van der Waals surface area contributed by atoms with Gasteiger partial charge in [-0.05, 0) is 51.4 Å². The van der Waals surface area contributed by atoms with Crippen molar-refractivity contribution in [2.45, 2.75) is 32.2 Å². The Hall–Kier alpha value is -0.610. The number of hydrogen-bond donors (Lipinski definition) is 2. The first-order valence-corrected chi connectivity index (χ1v) is 6.88. The number of nitrogens with one attached hydrogen (secondary N) is 2. The highest BCUT2D eigenvalue weighted by Crippen LogP contribution is 2.24. The van der Waals surface area contributed by atoms with E-state index in [-0.39, 0.29) is 11.8 Å². The van der Waals surface area contributed by atoms with Gasteiger partial charge in [-0.15, -0.1) is 0 Å². The van der Waals surface area contributed by atoms with Crippen LogP contribution in [0.4, 0.5) is 0 Å². The lowest BCUT2D eigenvalue weighted by atomic mass is 9.89. The van der Waals surface area contributed by atoms with Crippen molar-refractivity contribution < 1.29 is 4.79 Å². The molecule has 2 aliphatic rings. The lowest BCUT2D eigenvalue weighted by molar-refractivity contribution is -0.126. The standard InChI is InChI=1S/C13H25N3O/c1-10-9-15-6-3-12(10)16-7-4-11(5-8-16)13(17)14-2/h10-12,15H,3-9H2,1-2H3,(H,14,17). The Morgan fingerprint density at radius 2 is 2.00 bits per heavy atom. The van der Waals surface area contributed by atoms with E-state index in [1.54, 1.807) is 7.05 Å². The van der Waals surface area contributed by atoms with Crippen LogP contribution in [0.25, 0.3) is 0 Å². The molecule has 2 aliphatic heterocycles. The lowest BCUT2D eigenvalue weighted by Crippen LogP contribution is -2.52. The van der Waals surface area contributed by atoms with Crippen LogP contribution in [0.1, 0.15) is 26.2 Å². The Balaban J connectivity index is 1.83. The summed E-state index contributed by atoms with van der Waals surface area (Å²) in [6, 6.07) is 0.724. The summed E-state index contributed by atoms with van der Waals surface area (Å²) in [6.07, 6.45) is 3.30. The molecule has 0 aromatic heterocycles. The van der Waals surface area contributed by atoms with Gasteiger partial charge in [0.1, 0.15) is 0 Å². The van der Waals surface area contributed by atoms with Crippen molar-refractivity contribution in [3.8, 4) is 0 Å². The Labute approximate surface area is 104 Å². The van der Waals surface area contributed by atoms with Gasteiger partial charge in [0.2, 0.25) is 5.91 Å². The summed E-state index contributed by atoms with van der Waals surface area (Å²) in [5, 5.41) is 6.22. The summed E-state index contributed by atoms with van der Waals surface area (Å²) in [5.74, 6) is 1.21. The molecule has 0 radical (unpaired) electrons. The van der Waals surface area contributed by atoms with Crippen molar-refractivity contribution in [2.75, 3.05) is 33.2 Å². The fourth-order valence-corrected chi connectivity index (χ4v) is 3.24. The molecule has 2 atom stereocenters. The van der Waals surface area contributed by atoms with Gasteiger partial charge in [-0.25, -0.2) is 0 Å². The normalized spacial score (nSPS) is 32.4. The first-order chi connectivity index (χ1) is 8.22. The van der Waals surface area contributed by atoms with Crippen LogP contribution in [0.5, 0.6) is 0 Å². The first kappa shape index (κ1) is 12.8. The second-order valence-electron chi connectivity index (χ2n) is 5.46. The van der Waals surface area contributed by atoms with Crippen LogP contribution in [-0.4, -0.2) is 50.1 Å². The lowest BCUT2D eigenvalue weighted by Gasteiger charge is -2.42. The summed E-state index contributed by atoms with van der Waals surface area (Å²) < 4.78 is 0. The smallest absolute Gasteiger partial charge is 0.222 e. The molecular formula is C13H25N3O. The first-order valence-electron chi connectivity index (χ1n) is 6.88. The maximum atomic E-state index is 11.6. The van der Waals surface area contributed by atoms with Crippen molar-refractivity contribution in [1.29, 1.82) is 0 Å². The topological polar surface area (TPSA) is 44.4 Å². The maximum absolute atomic E-state index is 11.6. The third-order valence-corrected chi connectivity index (χ3v) is 4.36. The van der Waals surface area contributed by atoms with E-state index in [1.165, 1.54) is 6.42 Å². The van der Waals surface area contributed by atoms with E-state index in [0.717, 1.165) is 51.0 Å². The minimum Gasteiger partial charge on any atom is -0.359 e. The van der Waals surface area contributed by atoms with Gasteiger partial charge in [-0.3, -0.25) is 9.69 Å². The van der Waals surface area contributed by atoms with Gasteiger partial charge >= 0.3 is 0 Å². The fourth-order valence-electron chi connectivity index (χ4n) is 3.24. The second-order valence-corrected chi connectivity index (χ2v) is 5.46. The van der Waals surface area contributed by atoms with Crippen molar-refractivity contribution in [3.05, 3.63) is 0 Å². The Morgan fingerprint density at radius 3 is 2.59 bits per heavy atom. The monoisotopic (exact) mass is 239 g/mol. The number of piperidine rings is 2. The molecule has 0 bridgehead atoms. The summed E-state index contributed by atoms with van der Waals surface area (Å²) in [5.41, 5.74) is 0. The number of rotatable bonds is 2. The third kappa shape index (κ3) is 2.99. The average Bonchev–Trinajstić information content (AvgIpc) is 2.39. The molecule has 2 saturated heterocycles. The van der Waals surface area contributed by atoms with Gasteiger partial charge in [0.05, 0.1) is 0 Å². The minimum atomic E-state index is 0.225. The van der Waals surface area contributed by atoms with Crippen LogP contribution >= 0.6 is 0 Å². The van der Waals surface area contributed by atoms with Gasteiger partial charge in [0.25, 0.3) is 0 Å². The highest BCUT2D eigenvalue weighted by atomic mass is 16.1. The minimum absolute atomic E-state index is 0.225.